The van der Waals surface area contributed by atoms with Crippen LogP contribution >= 0.6 is 0 Å². The van der Waals surface area contributed by atoms with Crippen LogP contribution < -0.4 is 15.2 Å². The number of halogens is 2. The van der Waals surface area contributed by atoms with Gasteiger partial charge in [-0.2, -0.15) is 0 Å². The Labute approximate surface area is 163 Å². The number of hydrogen-bond donors (Lipinski definition) is 1. The summed E-state index contributed by atoms with van der Waals surface area (Å²) < 4.78 is 37.8. The summed E-state index contributed by atoms with van der Waals surface area (Å²) in [5, 5.41) is 0. The van der Waals surface area contributed by atoms with E-state index in [1.807, 2.05) is 6.07 Å². The van der Waals surface area contributed by atoms with Gasteiger partial charge < -0.3 is 20.1 Å². The molecule has 0 heterocycles. The van der Waals surface area contributed by atoms with E-state index in [9.17, 15) is 13.6 Å². The zero-order chi connectivity index (χ0) is 20.1. The maximum absolute atomic E-state index is 13.8. The fraction of sp³-hybridized carbons (Fsp3) is 0.381. The van der Waals surface area contributed by atoms with Crippen molar-refractivity contribution in [2.45, 2.75) is 26.0 Å². The van der Waals surface area contributed by atoms with E-state index in [0.29, 0.717) is 31.1 Å². The summed E-state index contributed by atoms with van der Waals surface area (Å²) in [4.78, 5) is 14.2. The third-order valence-corrected chi connectivity index (χ3v) is 4.64. The largest absolute Gasteiger partial charge is 0.493 e. The number of nitrogens with zero attached hydrogens (tertiary/aromatic N) is 1. The van der Waals surface area contributed by atoms with Gasteiger partial charge in [0.25, 0.3) is 0 Å². The van der Waals surface area contributed by atoms with Crippen LogP contribution in [0, 0.1) is 17.6 Å². The van der Waals surface area contributed by atoms with Crippen LogP contribution in [0.5, 0.6) is 11.5 Å². The third-order valence-electron chi connectivity index (χ3n) is 4.64. The summed E-state index contributed by atoms with van der Waals surface area (Å²) >= 11 is 0. The second kappa shape index (κ2) is 9.01. The molecule has 5 nitrogen and oxygen atoms in total. The molecule has 28 heavy (non-hydrogen) atoms. The second-order valence-electron chi connectivity index (χ2n) is 6.83. The lowest BCUT2D eigenvalue weighted by molar-refractivity contribution is -0.133. The molecule has 2 aromatic carbocycles. The highest BCUT2D eigenvalue weighted by Gasteiger charge is 2.33. The van der Waals surface area contributed by atoms with Crippen LogP contribution in [0.15, 0.2) is 36.4 Å². The lowest BCUT2D eigenvalue weighted by Crippen LogP contribution is -2.35. The minimum Gasteiger partial charge on any atom is -0.493 e. The summed E-state index contributed by atoms with van der Waals surface area (Å²) in [6.45, 7) is 1.29. The van der Waals surface area contributed by atoms with Gasteiger partial charge in [0.05, 0.1) is 7.11 Å². The van der Waals surface area contributed by atoms with Crippen molar-refractivity contribution in [2.24, 2.45) is 11.7 Å². The van der Waals surface area contributed by atoms with Crippen molar-refractivity contribution in [3.05, 3.63) is 59.2 Å². The smallest absolute Gasteiger partial charge is 0.226 e. The van der Waals surface area contributed by atoms with E-state index in [1.165, 1.54) is 19.2 Å². The van der Waals surface area contributed by atoms with E-state index in [4.69, 9.17) is 15.2 Å². The number of rotatable bonds is 9. The van der Waals surface area contributed by atoms with Gasteiger partial charge in [-0.05, 0) is 42.7 Å². The summed E-state index contributed by atoms with van der Waals surface area (Å²) in [5.74, 6) is -0.115. The fourth-order valence-corrected chi connectivity index (χ4v) is 2.96. The fourth-order valence-electron chi connectivity index (χ4n) is 2.96. The summed E-state index contributed by atoms with van der Waals surface area (Å²) in [5.41, 5.74) is 6.78. The van der Waals surface area contributed by atoms with Crippen LogP contribution in [0.3, 0.4) is 0 Å². The van der Waals surface area contributed by atoms with E-state index >= 15 is 0 Å². The maximum atomic E-state index is 13.8. The molecule has 0 spiro atoms. The summed E-state index contributed by atoms with van der Waals surface area (Å²) in [7, 11) is 1.51. The van der Waals surface area contributed by atoms with Gasteiger partial charge in [0.1, 0.15) is 18.2 Å². The van der Waals surface area contributed by atoms with E-state index in [2.05, 4.69) is 0 Å². The van der Waals surface area contributed by atoms with Crippen molar-refractivity contribution in [3.63, 3.8) is 0 Å². The Hall–Kier alpha value is -2.67. The van der Waals surface area contributed by atoms with Crippen LogP contribution in [0.2, 0.25) is 0 Å². The Balaban J connectivity index is 1.69. The molecule has 1 aliphatic rings. The molecular formula is C21H24F2N2O3. The Morgan fingerprint density at radius 1 is 1.18 bits per heavy atom. The average Bonchev–Trinajstić information content (AvgIpc) is 3.52. The number of ether oxygens (including phenoxy) is 2. The van der Waals surface area contributed by atoms with E-state index in [0.717, 1.165) is 24.5 Å². The zero-order valence-electron chi connectivity index (χ0n) is 15.8. The monoisotopic (exact) mass is 390 g/mol. The average molecular weight is 390 g/mol. The quantitative estimate of drug-likeness (QED) is 0.714. The molecule has 1 aliphatic carbocycles. The standard InChI is InChI=1S/C21H24F2N2O3/c1-27-20-10-14(12-25(9-8-24)21(26)15-3-4-15)2-7-19(20)28-13-16-5-6-17(22)11-18(16)23/h2,5-7,10-11,15H,3-4,8-9,12-13,24H2,1H3. The number of amides is 1. The van der Waals surface area contributed by atoms with Crippen molar-refractivity contribution >= 4 is 5.91 Å². The molecule has 2 N–H and O–H groups in total. The first-order valence-corrected chi connectivity index (χ1v) is 9.24. The zero-order valence-corrected chi connectivity index (χ0v) is 15.8. The highest BCUT2D eigenvalue weighted by Crippen LogP contribution is 2.33. The number of hydrogen-bond acceptors (Lipinski definition) is 4. The van der Waals surface area contributed by atoms with Crippen LogP contribution in [0.1, 0.15) is 24.0 Å². The van der Waals surface area contributed by atoms with E-state index in [1.54, 1.807) is 17.0 Å². The topological polar surface area (TPSA) is 64.8 Å². The molecule has 3 rings (SSSR count). The number of nitrogens with two attached hydrogens (primary N) is 1. The van der Waals surface area contributed by atoms with Crippen molar-refractivity contribution in [1.82, 2.24) is 4.90 Å². The predicted molar refractivity (Wildman–Crippen MR) is 101 cm³/mol. The lowest BCUT2D eigenvalue weighted by Gasteiger charge is -2.22. The maximum Gasteiger partial charge on any atom is 0.226 e. The normalized spacial score (nSPS) is 13.3. The predicted octanol–water partition coefficient (Wildman–Crippen LogP) is 3.25. The number of methoxy groups -OCH3 is 1. The minimum atomic E-state index is -0.661. The van der Waals surface area contributed by atoms with Gasteiger partial charge in [0.2, 0.25) is 5.91 Å². The molecular weight excluding hydrogens is 366 g/mol. The minimum absolute atomic E-state index is 0.0543. The molecule has 0 unspecified atom stereocenters. The summed E-state index contributed by atoms with van der Waals surface area (Å²) in [6.07, 6.45) is 1.88. The molecule has 1 saturated carbocycles. The Bertz CT molecular complexity index is 840. The van der Waals surface area contributed by atoms with Crippen molar-refractivity contribution < 1.29 is 23.0 Å². The van der Waals surface area contributed by atoms with Crippen LogP contribution in [-0.2, 0) is 17.9 Å². The van der Waals surface area contributed by atoms with Crippen LogP contribution in [0.25, 0.3) is 0 Å². The Morgan fingerprint density at radius 2 is 1.96 bits per heavy atom. The number of carbonyl (C=O) groups is 1. The molecule has 7 heteroatoms. The van der Waals surface area contributed by atoms with Gasteiger partial charge in [-0.1, -0.05) is 6.07 Å². The first-order chi connectivity index (χ1) is 13.5. The SMILES string of the molecule is COc1cc(CN(CCN)C(=O)C2CC2)ccc1OCc1ccc(F)cc1F. The van der Waals surface area contributed by atoms with Gasteiger partial charge in [-0.3, -0.25) is 4.79 Å². The molecule has 0 saturated heterocycles. The van der Waals surface area contributed by atoms with E-state index < -0.39 is 11.6 Å². The molecule has 0 aromatic heterocycles. The molecule has 150 valence electrons. The summed E-state index contributed by atoms with van der Waals surface area (Å²) in [6, 6.07) is 8.70. The van der Waals surface area contributed by atoms with Gasteiger partial charge in [-0.15, -0.1) is 0 Å². The van der Waals surface area contributed by atoms with Gasteiger partial charge in [0.15, 0.2) is 11.5 Å². The molecule has 2 aromatic rings. The van der Waals surface area contributed by atoms with Gasteiger partial charge in [0, 0.05) is 37.2 Å². The first kappa shape index (κ1) is 20.1. The highest BCUT2D eigenvalue weighted by atomic mass is 19.1. The molecule has 0 radical (unpaired) electrons. The highest BCUT2D eigenvalue weighted by molar-refractivity contribution is 5.81. The first-order valence-electron chi connectivity index (χ1n) is 9.24. The Kier molecular flexibility index (Phi) is 6.46. The van der Waals surface area contributed by atoms with Crippen molar-refractivity contribution in [3.8, 4) is 11.5 Å². The Morgan fingerprint density at radius 3 is 2.61 bits per heavy atom. The third kappa shape index (κ3) is 4.98. The number of carbonyl (C=O) groups excluding carboxylic acids is 1. The van der Waals surface area contributed by atoms with Crippen LogP contribution in [0.4, 0.5) is 8.78 Å². The lowest BCUT2D eigenvalue weighted by atomic mass is 10.1. The van der Waals surface area contributed by atoms with Crippen molar-refractivity contribution in [2.75, 3.05) is 20.2 Å². The van der Waals surface area contributed by atoms with E-state index in [-0.39, 0.29) is 24.0 Å². The van der Waals surface area contributed by atoms with Crippen LogP contribution in [-0.4, -0.2) is 31.0 Å². The van der Waals surface area contributed by atoms with Gasteiger partial charge in [-0.25, -0.2) is 8.78 Å². The molecule has 1 fully saturated rings. The van der Waals surface area contributed by atoms with Gasteiger partial charge >= 0.3 is 0 Å². The molecule has 1 amide bonds. The molecule has 0 atom stereocenters. The second-order valence-corrected chi connectivity index (χ2v) is 6.83. The molecule has 0 bridgehead atoms. The molecule has 0 aliphatic heterocycles. The number of benzene rings is 2. The van der Waals surface area contributed by atoms with Crippen molar-refractivity contribution in [1.29, 1.82) is 0 Å².